The summed E-state index contributed by atoms with van der Waals surface area (Å²) in [4.78, 5) is 0. The fourth-order valence-electron chi connectivity index (χ4n) is 3.55. The fourth-order valence-corrected chi connectivity index (χ4v) is 3.55. The van der Waals surface area contributed by atoms with Crippen LogP contribution >= 0.6 is 0 Å². The van der Waals surface area contributed by atoms with Gasteiger partial charge in [-0.05, 0) is 42.9 Å². The Bertz CT molecular complexity index is 406. The molecule has 1 spiro atoms. The molecule has 1 unspecified atom stereocenters. The summed E-state index contributed by atoms with van der Waals surface area (Å²) in [7, 11) is 0. The number of rotatable bonds is 1. The topological polar surface area (TPSA) is 21.3 Å². The van der Waals surface area contributed by atoms with E-state index in [1.54, 1.807) is 12.1 Å². The maximum absolute atomic E-state index is 14.1. The minimum Gasteiger partial charge on any atom is -0.381 e. The molecule has 0 aromatic heterocycles. The molecular formula is C15H20FNO. The van der Waals surface area contributed by atoms with Crippen molar-refractivity contribution >= 4 is 0 Å². The van der Waals surface area contributed by atoms with E-state index in [9.17, 15) is 4.39 Å². The van der Waals surface area contributed by atoms with Gasteiger partial charge in [-0.1, -0.05) is 18.2 Å². The zero-order valence-corrected chi connectivity index (χ0v) is 10.6. The number of ether oxygens (including phenoxy) is 1. The molecule has 0 saturated carbocycles. The van der Waals surface area contributed by atoms with Crippen LogP contribution in [0.25, 0.3) is 0 Å². The third-order valence-corrected chi connectivity index (χ3v) is 4.66. The maximum atomic E-state index is 14.1. The van der Waals surface area contributed by atoms with Gasteiger partial charge in [0.15, 0.2) is 0 Å². The molecule has 1 aromatic carbocycles. The summed E-state index contributed by atoms with van der Waals surface area (Å²) in [6, 6.07) is 7.24. The fraction of sp³-hybridized carbons (Fsp3) is 0.600. The van der Waals surface area contributed by atoms with Crippen LogP contribution in [0.5, 0.6) is 0 Å². The smallest absolute Gasteiger partial charge is 0.126 e. The summed E-state index contributed by atoms with van der Waals surface area (Å²) in [6.45, 7) is 3.59. The third-order valence-electron chi connectivity index (χ3n) is 4.66. The molecule has 0 bridgehead atoms. The van der Waals surface area contributed by atoms with Gasteiger partial charge in [0, 0.05) is 25.7 Å². The van der Waals surface area contributed by atoms with Crippen LogP contribution in [0.2, 0.25) is 0 Å². The standard InChI is InChI=1S/C15H20FNO/c16-14-4-2-1-3-12(14)13-11-17-8-5-15(13)6-9-18-10-7-15/h1-4,13,17H,5-11H2. The van der Waals surface area contributed by atoms with Gasteiger partial charge in [0.2, 0.25) is 0 Å². The monoisotopic (exact) mass is 249 g/mol. The van der Waals surface area contributed by atoms with Crippen LogP contribution in [-0.4, -0.2) is 26.3 Å². The molecule has 0 amide bonds. The van der Waals surface area contributed by atoms with Crippen molar-refractivity contribution in [2.75, 3.05) is 26.3 Å². The van der Waals surface area contributed by atoms with E-state index in [1.165, 1.54) is 0 Å². The average molecular weight is 249 g/mol. The van der Waals surface area contributed by atoms with E-state index in [4.69, 9.17) is 4.74 Å². The Balaban J connectivity index is 1.94. The SMILES string of the molecule is Fc1ccccc1C1CNCCC12CCOCC2. The first-order valence-electron chi connectivity index (χ1n) is 6.85. The number of hydrogen-bond acceptors (Lipinski definition) is 2. The van der Waals surface area contributed by atoms with E-state index in [0.717, 1.165) is 51.1 Å². The molecular weight excluding hydrogens is 229 g/mol. The quantitative estimate of drug-likeness (QED) is 0.826. The molecule has 0 aliphatic carbocycles. The van der Waals surface area contributed by atoms with Crippen molar-refractivity contribution in [1.82, 2.24) is 5.32 Å². The largest absolute Gasteiger partial charge is 0.381 e. The Morgan fingerprint density at radius 3 is 2.72 bits per heavy atom. The Morgan fingerprint density at radius 1 is 1.17 bits per heavy atom. The van der Waals surface area contributed by atoms with E-state index in [0.29, 0.717) is 0 Å². The number of nitrogens with one attached hydrogen (secondary N) is 1. The number of benzene rings is 1. The van der Waals surface area contributed by atoms with Crippen molar-refractivity contribution in [3.05, 3.63) is 35.6 Å². The molecule has 2 aliphatic heterocycles. The Hall–Kier alpha value is -0.930. The van der Waals surface area contributed by atoms with Gasteiger partial charge in [-0.2, -0.15) is 0 Å². The van der Waals surface area contributed by atoms with Gasteiger partial charge in [-0.25, -0.2) is 4.39 Å². The normalized spacial score (nSPS) is 27.3. The lowest BCUT2D eigenvalue weighted by Gasteiger charge is -2.47. The number of hydrogen-bond donors (Lipinski definition) is 1. The first-order chi connectivity index (χ1) is 8.82. The zero-order valence-electron chi connectivity index (χ0n) is 10.6. The lowest BCUT2D eigenvalue weighted by molar-refractivity contribution is -0.0141. The maximum Gasteiger partial charge on any atom is 0.126 e. The Kier molecular flexibility index (Phi) is 3.35. The highest BCUT2D eigenvalue weighted by molar-refractivity contribution is 5.26. The van der Waals surface area contributed by atoms with Crippen molar-refractivity contribution in [1.29, 1.82) is 0 Å². The molecule has 2 saturated heterocycles. The van der Waals surface area contributed by atoms with Gasteiger partial charge >= 0.3 is 0 Å². The van der Waals surface area contributed by atoms with Crippen LogP contribution in [0, 0.1) is 11.2 Å². The van der Waals surface area contributed by atoms with Crippen molar-refractivity contribution in [3.63, 3.8) is 0 Å². The minimum atomic E-state index is -0.0583. The van der Waals surface area contributed by atoms with Crippen LogP contribution in [0.1, 0.15) is 30.7 Å². The van der Waals surface area contributed by atoms with Crippen molar-refractivity contribution in [3.8, 4) is 0 Å². The average Bonchev–Trinajstić information content (AvgIpc) is 2.41. The van der Waals surface area contributed by atoms with Crippen LogP contribution < -0.4 is 5.32 Å². The first kappa shape index (κ1) is 12.1. The van der Waals surface area contributed by atoms with Crippen LogP contribution in [0.15, 0.2) is 24.3 Å². The molecule has 1 N–H and O–H groups in total. The molecule has 18 heavy (non-hydrogen) atoms. The third kappa shape index (κ3) is 2.06. The summed E-state index contributed by atoms with van der Waals surface area (Å²) >= 11 is 0. The molecule has 1 aromatic rings. The van der Waals surface area contributed by atoms with Crippen LogP contribution in [0.3, 0.4) is 0 Å². The summed E-state index contributed by atoms with van der Waals surface area (Å²) in [6.07, 6.45) is 3.26. The molecule has 0 radical (unpaired) electrons. The molecule has 2 aliphatic rings. The van der Waals surface area contributed by atoms with E-state index in [1.807, 2.05) is 12.1 Å². The van der Waals surface area contributed by atoms with Gasteiger partial charge < -0.3 is 10.1 Å². The van der Waals surface area contributed by atoms with E-state index in [2.05, 4.69) is 5.32 Å². The Labute approximate surface area is 108 Å². The second kappa shape index (κ2) is 4.98. The van der Waals surface area contributed by atoms with Gasteiger partial charge in [0.25, 0.3) is 0 Å². The summed E-state index contributed by atoms with van der Waals surface area (Å²) < 4.78 is 19.6. The highest BCUT2D eigenvalue weighted by atomic mass is 19.1. The highest BCUT2D eigenvalue weighted by Crippen LogP contribution is 2.48. The molecule has 98 valence electrons. The van der Waals surface area contributed by atoms with Gasteiger partial charge in [0.05, 0.1) is 0 Å². The van der Waals surface area contributed by atoms with Crippen LogP contribution in [-0.2, 0) is 4.74 Å². The minimum absolute atomic E-state index is 0.0583. The summed E-state index contributed by atoms with van der Waals surface area (Å²) in [5.41, 5.74) is 1.12. The Morgan fingerprint density at radius 2 is 1.94 bits per heavy atom. The molecule has 3 heteroatoms. The predicted octanol–water partition coefficient (Wildman–Crippen LogP) is 2.70. The lowest BCUT2D eigenvalue weighted by Crippen LogP contribution is -2.46. The zero-order chi connectivity index (χ0) is 12.4. The van der Waals surface area contributed by atoms with E-state index < -0.39 is 0 Å². The number of piperidine rings is 1. The highest BCUT2D eigenvalue weighted by Gasteiger charge is 2.43. The summed E-state index contributed by atoms with van der Waals surface area (Å²) in [5, 5.41) is 3.42. The predicted molar refractivity (Wildman–Crippen MR) is 69.1 cm³/mol. The van der Waals surface area contributed by atoms with Gasteiger partial charge in [0.1, 0.15) is 5.82 Å². The van der Waals surface area contributed by atoms with Crippen LogP contribution in [0.4, 0.5) is 4.39 Å². The molecule has 2 nitrogen and oxygen atoms in total. The summed E-state index contributed by atoms with van der Waals surface area (Å²) in [5.74, 6) is 0.230. The van der Waals surface area contributed by atoms with Crippen molar-refractivity contribution < 1.29 is 9.13 Å². The molecule has 3 rings (SSSR count). The second-order valence-electron chi connectivity index (χ2n) is 5.50. The lowest BCUT2D eigenvalue weighted by atomic mass is 9.63. The van der Waals surface area contributed by atoms with Crippen molar-refractivity contribution in [2.45, 2.75) is 25.2 Å². The van der Waals surface area contributed by atoms with Gasteiger partial charge in [-0.15, -0.1) is 0 Å². The molecule has 2 heterocycles. The van der Waals surface area contributed by atoms with E-state index in [-0.39, 0.29) is 17.2 Å². The first-order valence-corrected chi connectivity index (χ1v) is 6.85. The molecule has 1 atom stereocenters. The molecule has 2 fully saturated rings. The second-order valence-corrected chi connectivity index (χ2v) is 5.50. The van der Waals surface area contributed by atoms with Crippen molar-refractivity contribution in [2.24, 2.45) is 5.41 Å². The van der Waals surface area contributed by atoms with E-state index >= 15 is 0 Å². The van der Waals surface area contributed by atoms with Gasteiger partial charge in [-0.3, -0.25) is 0 Å². The number of halogens is 1.